The summed E-state index contributed by atoms with van der Waals surface area (Å²) < 4.78 is 4.94. The summed E-state index contributed by atoms with van der Waals surface area (Å²) in [5.74, 6) is -0.786. The molecule has 0 spiro atoms. The summed E-state index contributed by atoms with van der Waals surface area (Å²) in [4.78, 5) is 19.6. The van der Waals surface area contributed by atoms with Gasteiger partial charge in [0, 0.05) is 32.2 Å². The van der Waals surface area contributed by atoms with Crippen molar-refractivity contribution in [1.29, 1.82) is 0 Å². The lowest BCUT2D eigenvalue weighted by molar-refractivity contribution is -0.137. The van der Waals surface area contributed by atoms with Crippen molar-refractivity contribution in [2.24, 2.45) is 11.5 Å². The topological polar surface area (TPSA) is 128 Å². The van der Waals surface area contributed by atoms with Gasteiger partial charge in [0.1, 0.15) is 0 Å². The highest BCUT2D eigenvalue weighted by molar-refractivity contribution is 5.66. The Morgan fingerprint density at radius 1 is 1.26 bits per heavy atom. The van der Waals surface area contributed by atoms with Crippen molar-refractivity contribution in [2.45, 2.75) is 77.0 Å². The van der Waals surface area contributed by atoms with Crippen LogP contribution in [0.4, 0.5) is 0 Å². The molecule has 0 aromatic heterocycles. The number of hydrogen-bond acceptors (Lipinski definition) is 5. The Hall–Kier alpha value is -1.18. The Labute approximate surface area is 140 Å². The van der Waals surface area contributed by atoms with Crippen LogP contribution >= 0.6 is 0 Å². The molecule has 0 bridgehead atoms. The van der Waals surface area contributed by atoms with Crippen LogP contribution in [0, 0.1) is 0 Å². The van der Waals surface area contributed by atoms with Gasteiger partial charge in [-0.15, -0.1) is 0 Å². The second kappa shape index (κ2) is 14.4. The van der Waals surface area contributed by atoms with E-state index in [2.05, 4.69) is 5.32 Å². The normalized spacial score (nSPS) is 19.7. The highest BCUT2D eigenvalue weighted by Gasteiger charge is 2.16. The summed E-state index contributed by atoms with van der Waals surface area (Å²) in [7, 11) is 1.71. The van der Waals surface area contributed by atoms with Crippen molar-refractivity contribution >= 4 is 12.4 Å². The van der Waals surface area contributed by atoms with Crippen LogP contribution in [0.15, 0.2) is 0 Å². The smallest absolute Gasteiger partial charge is 0.303 e. The van der Waals surface area contributed by atoms with Crippen LogP contribution in [-0.2, 0) is 14.3 Å². The third-order valence-corrected chi connectivity index (χ3v) is 3.17. The SMILES string of the molecule is COC(C)(C)C.N[C@@H]1CC[C@H](N)C1.O=CNCCCCC(=O)O. The van der Waals surface area contributed by atoms with Crippen molar-refractivity contribution in [2.75, 3.05) is 13.7 Å². The molecular weight excluding hydrogens is 298 g/mol. The van der Waals surface area contributed by atoms with Gasteiger partial charge in [0.05, 0.1) is 5.60 Å². The molecule has 2 atom stereocenters. The van der Waals surface area contributed by atoms with Crippen LogP contribution in [0.5, 0.6) is 0 Å². The monoisotopic (exact) mass is 333 g/mol. The Kier molecular flexibility index (Phi) is 15.1. The maximum atomic E-state index is 9.94. The Morgan fingerprint density at radius 2 is 1.74 bits per heavy atom. The molecule has 1 fully saturated rings. The lowest BCUT2D eigenvalue weighted by Gasteiger charge is -2.14. The Morgan fingerprint density at radius 3 is 2.00 bits per heavy atom. The number of nitrogens with two attached hydrogens (primary N) is 2. The van der Waals surface area contributed by atoms with E-state index >= 15 is 0 Å². The summed E-state index contributed by atoms with van der Waals surface area (Å²) in [6.07, 6.45) is 5.42. The molecule has 1 aliphatic carbocycles. The van der Waals surface area contributed by atoms with E-state index in [1.807, 2.05) is 20.8 Å². The van der Waals surface area contributed by atoms with Crippen LogP contribution < -0.4 is 16.8 Å². The summed E-state index contributed by atoms with van der Waals surface area (Å²) >= 11 is 0. The van der Waals surface area contributed by atoms with Crippen LogP contribution in [-0.4, -0.2) is 48.8 Å². The van der Waals surface area contributed by atoms with E-state index in [4.69, 9.17) is 21.3 Å². The number of rotatable bonds is 6. The minimum Gasteiger partial charge on any atom is -0.481 e. The molecule has 1 amide bonds. The zero-order chi connectivity index (χ0) is 18.3. The van der Waals surface area contributed by atoms with E-state index in [0.717, 1.165) is 25.7 Å². The molecule has 0 heterocycles. The zero-order valence-corrected chi connectivity index (χ0v) is 15.0. The maximum absolute atomic E-state index is 9.94. The molecule has 0 aromatic rings. The summed E-state index contributed by atoms with van der Waals surface area (Å²) in [5.41, 5.74) is 11.1. The molecule has 0 saturated heterocycles. The highest BCUT2D eigenvalue weighted by atomic mass is 16.5. The van der Waals surface area contributed by atoms with E-state index in [0.29, 0.717) is 31.5 Å². The molecule has 23 heavy (non-hydrogen) atoms. The number of carboxylic acids is 1. The molecule has 0 unspecified atom stereocenters. The predicted octanol–water partition coefficient (Wildman–Crippen LogP) is 1.24. The minimum absolute atomic E-state index is 0.0417. The van der Waals surface area contributed by atoms with E-state index in [9.17, 15) is 9.59 Å². The number of aliphatic carboxylic acids is 1. The van der Waals surface area contributed by atoms with Crippen LogP contribution in [0.1, 0.15) is 59.3 Å². The zero-order valence-electron chi connectivity index (χ0n) is 15.0. The van der Waals surface area contributed by atoms with Gasteiger partial charge < -0.3 is 26.6 Å². The van der Waals surface area contributed by atoms with Crippen molar-refractivity contribution < 1.29 is 19.4 Å². The fourth-order valence-corrected chi connectivity index (χ4v) is 1.61. The molecule has 1 saturated carbocycles. The van der Waals surface area contributed by atoms with Gasteiger partial charge in [-0.25, -0.2) is 0 Å². The van der Waals surface area contributed by atoms with Crippen LogP contribution in [0.25, 0.3) is 0 Å². The minimum atomic E-state index is -0.786. The standard InChI is InChI=1S/C6H11NO3.C5H12N2.C5H12O/c8-5-7-4-2-1-3-6(9)10;6-4-1-2-5(7)3-4;1-5(2,3)6-4/h5H,1-4H2,(H,7,8)(H,9,10);4-5H,1-3,6-7H2;1-4H3/t;4-,5+;. The molecule has 7 nitrogen and oxygen atoms in total. The molecule has 0 aliphatic heterocycles. The first-order valence-electron chi connectivity index (χ1n) is 8.07. The average molecular weight is 333 g/mol. The first-order chi connectivity index (χ1) is 10.6. The predicted molar refractivity (Wildman–Crippen MR) is 92.1 cm³/mol. The third kappa shape index (κ3) is 23.2. The third-order valence-electron chi connectivity index (χ3n) is 3.17. The number of carboxylic acid groups (broad SMARTS) is 1. The number of hydrogen-bond donors (Lipinski definition) is 4. The molecule has 1 aliphatic rings. The Balaban J connectivity index is 0. The van der Waals surface area contributed by atoms with E-state index in [-0.39, 0.29) is 12.0 Å². The first kappa shape index (κ1) is 24.1. The summed E-state index contributed by atoms with van der Waals surface area (Å²) in [6, 6.07) is 0.796. The number of methoxy groups -OCH3 is 1. The molecule has 138 valence electrons. The molecule has 7 heteroatoms. The molecule has 1 rings (SSSR count). The highest BCUT2D eigenvalue weighted by Crippen LogP contribution is 2.13. The second-order valence-electron chi connectivity index (χ2n) is 6.57. The molecule has 0 aromatic carbocycles. The maximum Gasteiger partial charge on any atom is 0.303 e. The fraction of sp³-hybridized carbons (Fsp3) is 0.875. The molecule has 0 radical (unpaired) electrons. The van der Waals surface area contributed by atoms with Crippen LogP contribution in [0.3, 0.4) is 0 Å². The van der Waals surface area contributed by atoms with Crippen molar-refractivity contribution in [1.82, 2.24) is 5.32 Å². The summed E-state index contributed by atoms with van der Waals surface area (Å²) in [6.45, 7) is 6.63. The summed E-state index contributed by atoms with van der Waals surface area (Å²) in [5, 5.41) is 10.6. The number of ether oxygens (including phenoxy) is 1. The van der Waals surface area contributed by atoms with E-state index < -0.39 is 5.97 Å². The fourth-order valence-electron chi connectivity index (χ4n) is 1.61. The van der Waals surface area contributed by atoms with Crippen molar-refractivity contribution in [3.63, 3.8) is 0 Å². The molecular formula is C16H35N3O4. The van der Waals surface area contributed by atoms with Gasteiger partial charge in [-0.2, -0.15) is 0 Å². The number of carbonyl (C=O) groups is 2. The lowest BCUT2D eigenvalue weighted by Crippen LogP contribution is -2.20. The van der Waals surface area contributed by atoms with E-state index in [1.54, 1.807) is 7.11 Å². The number of carbonyl (C=O) groups excluding carboxylic acids is 1. The van der Waals surface area contributed by atoms with Gasteiger partial charge in [-0.05, 0) is 52.9 Å². The average Bonchev–Trinajstić information content (AvgIpc) is 2.82. The van der Waals surface area contributed by atoms with Gasteiger partial charge in [0.25, 0.3) is 0 Å². The lowest BCUT2D eigenvalue weighted by atomic mass is 10.2. The van der Waals surface area contributed by atoms with Gasteiger partial charge in [0.2, 0.25) is 6.41 Å². The largest absolute Gasteiger partial charge is 0.481 e. The van der Waals surface area contributed by atoms with Gasteiger partial charge >= 0.3 is 5.97 Å². The Bertz CT molecular complexity index is 298. The quantitative estimate of drug-likeness (QED) is 0.428. The van der Waals surface area contributed by atoms with Gasteiger partial charge in [0.15, 0.2) is 0 Å². The van der Waals surface area contributed by atoms with Crippen molar-refractivity contribution in [3.8, 4) is 0 Å². The number of nitrogens with one attached hydrogen (secondary N) is 1. The van der Waals surface area contributed by atoms with Crippen molar-refractivity contribution in [3.05, 3.63) is 0 Å². The van der Waals surface area contributed by atoms with Gasteiger partial charge in [-0.1, -0.05) is 0 Å². The van der Waals surface area contributed by atoms with Gasteiger partial charge in [-0.3, -0.25) is 9.59 Å². The van der Waals surface area contributed by atoms with Crippen LogP contribution in [0.2, 0.25) is 0 Å². The number of unbranched alkanes of at least 4 members (excludes halogenated alkanes) is 1. The van der Waals surface area contributed by atoms with E-state index in [1.165, 1.54) is 0 Å². The number of amides is 1. The molecule has 6 N–H and O–H groups in total. The second-order valence-corrected chi connectivity index (χ2v) is 6.57. The first-order valence-corrected chi connectivity index (χ1v) is 8.07.